The number of para-hydroxylation sites is 1. The van der Waals surface area contributed by atoms with Crippen LogP contribution < -0.4 is 18.9 Å². The Bertz CT molecular complexity index is 1220. The van der Waals surface area contributed by atoms with Crippen molar-refractivity contribution in [2.24, 2.45) is 0 Å². The maximum absolute atomic E-state index is 13.1. The molecule has 6 heteroatoms. The van der Waals surface area contributed by atoms with Gasteiger partial charge in [0.05, 0.1) is 24.8 Å². The Morgan fingerprint density at radius 3 is 2.67 bits per heavy atom. The highest BCUT2D eigenvalue weighted by atomic mass is 16.5. The predicted octanol–water partition coefficient (Wildman–Crippen LogP) is 5.06. The van der Waals surface area contributed by atoms with Crippen LogP contribution in [0.3, 0.4) is 0 Å². The fourth-order valence-corrected chi connectivity index (χ4v) is 4.12. The lowest BCUT2D eigenvalue weighted by Gasteiger charge is -2.29. The fraction of sp³-hybridized carbons (Fsp3) is 0.222. The van der Waals surface area contributed by atoms with Crippen molar-refractivity contribution >= 4 is 11.9 Å². The van der Waals surface area contributed by atoms with E-state index < -0.39 is 0 Å². The summed E-state index contributed by atoms with van der Waals surface area (Å²) in [6, 6.07) is 19.2. The molecule has 0 aromatic heterocycles. The Hall–Kier alpha value is -3.77. The number of methoxy groups -OCH3 is 1. The molecule has 0 atom stereocenters. The van der Waals surface area contributed by atoms with Gasteiger partial charge >= 0.3 is 0 Å². The van der Waals surface area contributed by atoms with E-state index in [9.17, 15) is 4.79 Å². The summed E-state index contributed by atoms with van der Waals surface area (Å²) in [7, 11) is 1.66. The zero-order valence-electron chi connectivity index (χ0n) is 18.7. The number of ether oxygens (including phenoxy) is 4. The number of benzene rings is 3. The minimum atomic E-state index is -0.133. The van der Waals surface area contributed by atoms with Crippen LogP contribution in [-0.2, 0) is 13.1 Å². The molecule has 0 fully saturated rings. The summed E-state index contributed by atoms with van der Waals surface area (Å²) < 4.78 is 23.0. The Labute approximate surface area is 193 Å². The third-order valence-corrected chi connectivity index (χ3v) is 5.75. The molecule has 0 radical (unpaired) electrons. The Kier molecular flexibility index (Phi) is 5.75. The molecule has 0 N–H and O–H groups in total. The molecule has 6 nitrogen and oxygen atoms in total. The van der Waals surface area contributed by atoms with Crippen molar-refractivity contribution in [3.8, 4) is 23.0 Å². The van der Waals surface area contributed by atoms with Crippen LogP contribution in [0.5, 0.6) is 23.0 Å². The number of rotatable bonds is 6. The van der Waals surface area contributed by atoms with Crippen LogP contribution in [0.15, 0.2) is 66.4 Å². The molecule has 0 amide bonds. The molecule has 3 aromatic rings. The van der Waals surface area contributed by atoms with Gasteiger partial charge in [0, 0.05) is 18.7 Å². The van der Waals surface area contributed by atoms with Gasteiger partial charge < -0.3 is 18.9 Å². The lowest BCUT2D eigenvalue weighted by Crippen LogP contribution is -2.31. The molecule has 168 valence electrons. The van der Waals surface area contributed by atoms with Gasteiger partial charge in [0.15, 0.2) is 5.76 Å². The van der Waals surface area contributed by atoms with Crippen molar-refractivity contribution in [2.75, 3.05) is 20.4 Å². The van der Waals surface area contributed by atoms with Crippen molar-refractivity contribution in [3.63, 3.8) is 0 Å². The van der Waals surface area contributed by atoms with Crippen LogP contribution in [0.1, 0.15) is 34.0 Å². The van der Waals surface area contributed by atoms with Gasteiger partial charge in [-0.2, -0.15) is 0 Å². The first-order valence-electron chi connectivity index (χ1n) is 11.0. The number of carbonyl (C=O) groups excluding carboxylic acids is 1. The SMILES string of the molecule is CCOc1ccccc1/C=C1\Oc2c(ccc3c2CN(Cc2ccc(OC)cc2)CO3)C1=O. The number of nitrogens with zero attached hydrogens (tertiary/aromatic N) is 1. The van der Waals surface area contributed by atoms with Gasteiger partial charge in [-0.15, -0.1) is 0 Å². The quantitative estimate of drug-likeness (QED) is 0.496. The maximum atomic E-state index is 13.1. The average Bonchev–Trinajstić information content (AvgIpc) is 3.16. The molecular formula is C27H25NO5. The first kappa shape index (κ1) is 21.1. The Balaban J connectivity index is 1.40. The van der Waals surface area contributed by atoms with Crippen LogP contribution in [0.2, 0.25) is 0 Å². The first-order chi connectivity index (χ1) is 16.2. The summed E-state index contributed by atoms with van der Waals surface area (Å²) in [5, 5.41) is 0. The molecular weight excluding hydrogens is 418 g/mol. The van der Waals surface area contributed by atoms with E-state index in [1.54, 1.807) is 19.3 Å². The van der Waals surface area contributed by atoms with Crippen LogP contribution in [0.4, 0.5) is 0 Å². The van der Waals surface area contributed by atoms with Gasteiger partial charge in [-0.05, 0) is 48.9 Å². The van der Waals surface area contributed by atoms with E-state index in [-0.39, 0.29) is 11.5 Å². The summed E-state index contributed by atoms with van der Waals surface area (Å²) in [5.41, 5.74) is 3.41. The zero-order chi connectivity index (χ0) is 22.8. The second-order valence-electron chi connectivity index (χ2n) is 7.94. The zero-order valence-corrected chi connectivity index (χ0v) is 18.7. The largest absolute Gasteiger partial charge is 0.497 e. The summed E-state index contributed by atoms with van der Waals surface area (Å²) in [5.74, 6) is 3.04. The highest BCUT2D eigenvalue weighted by Crippen LogP contribution is 2.42. The number of ketones is 1. The van der Waals surface area contributed by atoms with Crippen molar-refractivity contribution in [3.05, 3.63) is 88.7 Å². The third-order valence-electron chi connectivity index (χ3n) is 5.75. The van der Waals surface area contributed by atoms with E-state index in [1.807, 2.05) is 61.5 Å². The first-order valence-corrected chi connectivity index (χ1v) is 11.0. The minimum Gasteiger partial charge on any atom is -0.497 e. The van der Waals surface area contributed by atoms with Gasteiger partial charge in [0.25, 0.3) is 0 Å². The van der Waals surface area contributed by atoms with Gasteiger partial charge in [0.2, 0.25) is 5.78 Å². The van der Waals surface area contributed by atoms with Crippen LogP contribution in [0.25, 0.3) is 6.08 Å². The molecule has 2 heterocycles. The van der Waals surface area contributed by atoms with Crippen molar-refractivity contribution < 1.29 is 23.7 Å². The van der Waals surface area contributed by atoms with Gasteiger partial charge in [-0.25, -0.2) is 0 Å². The Morgan fingerprint density at radius 2 is 1.88 bits per heavy atom. The number of carbonyl (C=O) groups is 1. The van der Waals surface area contributed by atoms with E-state index in [2.05, 4.69) is 4.90 Å². The van der Waals surface area contributed by atoms with E-state index in [1.165, 1.54) is 0 Å². The summed E-state index contributed by atoms with van der Waals surface area (Å²) in [6.45, 7) is 4.29. The van der Waals surface area contributed by atoms with Gasteiger partial charge in [-0.1, -0.05) is 30.3 Å². The third kappa shape index (κ3) is 4.17. The predicted molar refractivity (Wildman–Crippen MR) is 125 cm³/mol. The Morgan fingerprint density at radius 1 is 1.06 bits per heavy atom. The standard InChI is InChI=1S/C27H25NO5/c1-3-31-23-7-5-4-6-19(23)14-25-26(29)21-12-13-24-22(27(21)33-25)16-28(17-32-24)15-18-8-10-20(30-2)11-9-18/h4-14H,3,15-17H2,1-2H3/b25-14-. The van der Waals surface area contributed by atoms with E-state index in [4.69, 9.17) is 18.9 Å². The lowest BCUT2D eigenvalue weighted by atomic mass is 10.0. The number of hydrogen-bond acceptors (Lipinski definition) is 6. The van der Waals surface area contributed by atoms with Crippen molar-refractivity contribution in [2.45, 2.75) is 20.0 Å². The molecule has 0 saturated carbocycles. The van der Waals surface area contributed by atoms with E-state index >= 15 is 0 Å². The monoisotopic (exact) mass is 443 g/mol. The summed E-state index contributed by atoms with van der Waals surface area (Å²) >= 11 is 0. The van der Waals surface area contributed by atoms with Gasteiger partial charge in [-0.3, -0.25) is 9.69 Å². The van der Waals surface area contributed by atoms with Crippen molar-refractivity contribution in [1.82, 2.24) is 4.90 Å². The smallest absolute Gasteiger partial charge is 0.231 e. The second kappa shape index (κ2) is 9.00. The summed E-state index contributed by atoms with van der Waals surface area (Å²) in [6.07, 6.45) is 1.75. The van der Waals surface area contributed by atoms with Crippen LogP contribution in [0, 0.1) is 0 Å². The number of Topliss-reactive ketones (excluding diaryl/α,β-unsaturated/α-hetero) is 1. The molecule has 0 unspecified atom stereocenters. The molecule has 5 rings (SSSR count). The molecule has 33 heavy (non-hydrogen) atoms. The topological polar surface area (TPSA) is 57.2 Å². The number of fused-ring (bicyclic) bond motifs is 3. The van der Waals surface area contributed by atoms with E-state index in [0.29, 0.717) is 37.7 Å². The highest BCUT2D eigenvalue weighted by molar-refractivity contribution is 6.15. The molecule has 0 bridgehead atoms. The van der Waals surface area contributed by atoms with Crippen LogP contribution in [-0.4, -0.2) is 31.1 Å². The van der Waals surface area contributed by atoms with Crippen molar-refractivity contribution in [1.29, 1.82) is 0 Å². The maximum Gasteiger partial charge on any atom is 0.231 e. The highest BCUT2D eigenvalue weighted by Gasteiger charge is 2.33. The number of allylic oxidation sites excluding steroid dienone is 1. The second-order valence-corrected chi connectivity index (χ2v) is 7.94. The van der Waals surface area contributed by atoms with Crippen LogP contribution >= 0.6 is 0 Å². The summed E-state index contributed by atoms with van der Waals surface area (Å²) in [4.78, 5) is 15.3. The fourth-order valence-electron chi connectivity index (χ4n) is 4.12. The minimum absolute atomic E-state index is 0.133. The molecule has 0 aliphatic carbocycles. The van der Waals surface area contributed by atoms with Gasteiger partial charge in [0.1, 0.15) is 29.7 Å². The number of hydrogen-bond donors (Lipinski definition) is 0. The normalized spacial score (nSPS) is 16.1. The molecule has 0 spiro atoms. The molecule has 0 saturated heterocycles. The lowest BCUT2D eigenvalue weighted by molar-refractivity contribution is 0.0872. The average molecular weight is 443 g/mol. The molecule has 3 aromatic carbocycles. The van der Waals surface area contributed by atoms with E-state index in [0.717, 1.165) is 33.9 Å². The molecule has 2 aliphatic rings. The molecule has 2 aliphatic heterocycles.